The van der Waals surface area contributed by atoms with Crippen molar-refractivity contribution in [3.05, 3.63) is 89.3 Å². The number of benzene rings is 3. The Morgan fingerprint density at radius 1 is 0.867 bits per heavy atom. The number of rotatable bonds is 13. The zero-order chi connectivity index (χ0) is 52.3. The molecule has 5 aliphatic rings. The summed E-state index contributed by atoms with van der Waals surface area (Å²) in [6.07, 6.45) is 11.0. The summed E-state index contributed by atoms with van der Waals surface area (Å²) in [5, 5.41) is 13.6. The fourth-order valence-corrected chi connectivity index (χ4v) is 12.9. The molecular weight excluding hydrogens is 1000 g/mol. The van der Waals surface area contributed by atoms with Crippen molar-refractivity contribution in [1.82, 2.24) is 49.7 Å². The Bertz CT molecular complexity index is 3320. The fourth-order valence-electron chi connectivity index (χ4n) is 11.4. The second kappa shape index (κ2) is 20.2. The lowest BCUT2D eigenvalue weighted by atomic mass is 9.98. The van der Waals surface area contributed by atoms with Crippen LogP contribution in [0.2, 0.25) is 5.02 Å². The van der Waals surface area contributed by atoms with Gasteiger partial charge in [0.1, 0.15) is 35.2 Å². The van der Waals surface area contributed by atoms with Gasteiger partial charge >= 0.3 is 0 Å². The number of methoxy groups -OCH3 is 1. The van der Waals surface area contributed by atoms with E-state index in [1.165, 1.54) is 13.3 Å². The summed E-state index contributed by atoms with van der Waals surface area (Å²) in [6, 6.07) is 10.1. The zero-order valence-electron chi connectivity index (χ0n) is 42.1. The maximum absolute atomic E-state index is 17.4. The number of nitrogens with one attached hydrogen (secondary N) is 3. The molecule has 0 bridgehead atoms. The van der Waals surface area contributed by atoms with Crippen molar-refractivity contribution >= 4 is 93.2 Å². The molecule has 4 amide bonds. The fraction of sp³-hybridized carbons (Fsp3) is 0.404. The topological polar surface area (TPSA) is 216 Å². The van der Waals surface area contributed by atoms with Crippen molar-refractivity contribution in [3.63, 3.8) is 0 Å². The van der Waals surface area contributed by atoms with Gasteiger partial charge in [-0.1, -0.05) is 11.6 Å². The van der Waals surface area contributed by atoms with Crippen LogP contribution in [0.5, 0.6) is 5.75 Å². The molecule has 0 aliphatic carbocycles. The highest BCUT2D eigenvalue weighted by molar-refractivity contribution is 7.71. The molecule has 2 unspecified atom stereocenters. The number of carbonyl (C=O) groups is 4. The van der Waals surface area contributed by atoms with E-state index in [1.54, 1.807) is 74.1 Å². The van der Waals surface area contributed by atoms with Crippen molar-refractivity contribution in [3.8, 4) is 16.9 Å². The first-order chi connectivity index (χ1) is 36.1. The molecule has 2 atom stereocenters. The average molecular weight is 1060 g/mol. The molecule has 23 heteroatoms. The van der Waals surface area contributed by atoms with E-state index in [-0.39, 0.29) is 46.6 Å². The van der Waals surface area contributed by atoms with Gasteiger partial charge in [0.15, 0.2) is 11.6 Å². The number of carbonyl (C=O) groups excluding carboxylic acids is 4. The smallest absolute Gasteiger partial charge is 0.262 e. The highest BCUT2D eigenvalue weighted by Gasteiger charge is 2.45. The minimum absolute atomic E-state index is 0.0391. The summed E-state index contributed by atoms with van der Waals surface area (Å²) in [5.41, 5.74) is 4.77. The Balaban J connectivity index is 0.726. The number of amides is 4. The molecule has 11 rings (SSSR count). The monoisotopic (exact) mass is 1060 g/mol. The van der Waals surface area contributed by atoms with Crippen molar-refractivity contribution in [2.75, 3.05) is 99.8 Å². The third-order valence-electron chi connectivity index (χ3n) is 15.1. The molecule has 75 heavy (non-hydrogen) atoms. The third kappa shape index (κ3) is 9.78. The Morgan fingerprint density at radius 2 is 1.63 bits per heavy atom. The molecule has 8 heterocycles. The summed E-state index contributed by atoms with van der Waals surface area (Å²) in [4.78, 5) is 79.6. The third-order valence-corrected chi connectivity index (χ3v) is 16.9. The van der Waals surface area contributed by atoms with Crippen molar-refractivity contribution in [2.45, 2.75) is 44.2 Å². The molecule has 390 valence electrons. The minimum atomic E-state index is -2.90. The van der Waals surface area contributed by atoms with E-state index >= 15 is 4.39 Å². The number of hydrogen-bond acceptors (Lipinski definition) is 17. The lowest BCUT2D eigenvalue weighted by molar-refractivity contribution is -0.136. The van der Waals surface area contributed by atoms with Crippen molar-refractivity contribution < 1.29 is 32.9 Å². The molecule has 3 aromatic carbocycles. The molecule has 0 radical (unpaired) electrons. The van der Waals surface area contributed by atoms with Gasteiger partial charge in [-0.2, -0.15) is 10.1 Å². The van der Waals surface area contributed by atoms with Crippen LogP contribution in [0.1, 0.15) is 52.8 Å². The summed E-state index contributed by atoms with van der Waals surface area (Å²) in [6.45, 7) is 11.2. The Kier molecular flexibility index (Phi) is 13.5. The van der Waals surface area contributed by atoms with Crippen LogP contribution in [0, 0.1) is 11.7 Å². The molecule has 20 nitrogen and oxygen atoms in total. The number of piperidine rings is 2. The van der Waals surface area contributed by atoms with Gasteiger partial charge in [-0.25, -0.2) is 9.37 Å². The van der Waals surface area contributed by atoms with E-state index in [1.807, 2.05) is 12.1 Å². The van der Waals surface area contributed by atoms with Crippen LogP contribution in [-0.2, 0) is 21.2 Å². The molecular formula is C52H57ClFN14O6P. The maximum atomic E-state index is 17.4. The average Bonchev–Trinajstić information content (AvgIpc) is 4.12. The number of aromatic nitrogens is 6. The predicted octanol–water partition coefficient (Wildman–Crippen LogP) is 5.87. The van der Waals surface area contributed by atoms with Crippen LogP contribution in [-0.4, -0.2) is 159 Å². The van der Waals surface area contributed by atoms with E-state index in [0.29, 0.717) is 69.5 Å². The number of aryl methyl sites for hydroxylation is 1. The standard InChI is InChI=1S/C52H57ClFN14O6P/c1-63-29-31(25-58-63)43-40(24-41(74-2)46(44(43)54)61-52-57-26-36(53)48(62-52)59-38-8-7-37-45(56-15-14-55-37)47(38)75(3,4)73)66-17-12-32(13-18-66)65-21-19-64(20-22-65)27-30-11-16-67(28-30)33-5-6-34-35(23-33)51(72)68(50(34)71)39-9-10-42(69)60-49(39)70/h5-8,14-15,23-26,29-30,32,39H,9-13,16-22,27-28H2,1-4H3,(H,60,69,70)(H2,57,59,61,62). The number of imide groups is 2. The number of fused-ring (bicyclic) bond motifs is 2. The first-order valence-electron chi connectivity index (χ1n) is 25.2. The van der Waals surface area contributed by atoms with Crippen LogP contribution in [0.15, 0.2) is 67.4 Å². The van der Waals surface area contributed by atoms with E-state index in [9.17, 15) is 23.7 Å². The summed E-state index contributed by atoms with van der Waals surface area (Å²) in [7, 11) is 0.396. The number of nitrogens with zero attached hydrogens (tertiary/aromatic N) is 11. The SMILES string of the molecule is COc1cc(N2CCC(N3CCN(CC4CCN(c5ccc6c(c5)C(=O)N(C5CCC(=O)NC5=O)C6=O)C4)CC3)CC2)c(-c2cnn(C)c2)c(F)c1Nc1ncc(Cl)c(Nc2ccc3nccnc3c2P(C)(C)=O)n1. The Morgan fingerprint density at radius 3 is 2.36 bits per heavy atom. The van der Waals surface area contributed by atoms with Gasteiger partial charge in [-0.3, -0.25) is 48.9 Å². The summed E-state index contributed by atoms with van der Waals surface area (Å²) in [5.74, 6) is -1.62. The lowest BCUT2D eigenvalue weighted by Crippen LogP contribution is -2.54. The summed E-state index contributed by atoms with van der Waals surface area (Å²) < 4.78 is 38.5. The minimum Gasteiger partial charge on any atom is -0.494 e. The number of ether oxygens (including phenoxy) is 1. The molecule has 4 fully saturated rings. The van der Waals surface area contributed by atoms with E-state index in [0.717, 1.165) is 75.7 Å². The van der Waals surface area contributed by atoms with Crippen molar-refractivity contribution in [2.24, 2.45) is 13.0 Å². The molecule has 3 aromatic heterocycles. The number of anilines is 6. The first kappa shape index (κ1) is 50.1. The van der Waals surface area contributed by atoms with Gasteiger partial charge < -0.3 is 34.6 Å². The second-order valence-electron chi connectivity index (χ2n) is 20.3. The normalized spacial score (nSPS) is 20.1. The molecule has 3 N–H and O–H groups in total. The van der Waals surface area contributed by atoms with Crippen LogP contribution in [0.25, 0.3) is 22.2 Å². The predicted molar refractivity (Wildman–Crippen MR) is 284 cm³/mol. The van der Waals surface area contributed by atoms with Gasteiger partial charge in [0, 0.05) is 120 Å². The molecule has 0 spiro atoms. The molecule has 0 saturated carbocycles. The van der Waals surface area contributed by atoms with Crippen LogP contribution in [0.3, 0.4) is 0 Å². The maximum Gasteiger partial charge on any atom is 0.262 e. The Labute approximate surface area is 437 Å². The van der Waals surface area contributed by atoms with Crippen LogP contribution < -0.4 is 35.8 Å². The van der Waals surface area contributed by atoms with E-state index in [4.69, 9.17) is 16.3 Å². The largest absolute Gasteiger partial charge is 0.494 e. The Hall–Kier alpha value is -7.06. The second-order valence-corrected chi connectivity index (χ2v) is 23.8. The van der Waals surface area contributed by atoms with E-state index in [2.05, 4.69) is 60.6 Å². The highest BCUT2D eigenvalue weighted by Crippen LogP contribution is 2.45. The van der Waals surface area contributed by atoms with Gasteiger partial charge in [-0.05, 0) is 75.3 Å². The van der Waals surface area contributed by atoms with Gasteiger partial charge in [0.2, 0.25) is 17.8 Å². The van der Waals surface area contributed by atoms with E-state index < -0.39 is 42.6 Å². The number of piperazine rings is 1. The van der Waals surface area contributed by atoms with Crippen LogP contribution in [0.4, 0.5) is 38.9 Å². The summed E-state index contributed by atoms with van der Waals surface area (Å²) >= 11 is 6.64. The van der Waals surface area contributed by atoms with Gasteiger partial charge in [0.25, 0.3) is 11.8 Å². The highest BCUT2D eigenvalue weighted by atomic mass is 35.5. The van der Waals surface area contributed by atoms with Crippen molar-refractivity contribution in [1.29, 1.82) is 0 Å². The molecule has 4 saturated heterocycles. The zero-order valence-corrected chi connectivity index (χ0v) is 43.7. The molecule has 6 aromatic rings. The lowest BCUT2D eigenvalue weighted by Gasteiger charge is -2.44. The quantitative estimate of drug-likeness (QED) is 0.0911. The van der Waals surface area contributed by atoms with Crippen LogP contribution >= 0.6 is 18.7 Å². The van der Waals surface area contributed by atoms with Gasteiger partial charge in [0.05, 0.1) is 52.8 Å². The molecule has 5 aliphatic heterocycles. The first-order valence-corrected chi connectivity index (χ1v) is 28.2. The number of halogens is 2. The number of hydrogen-bond donors (Lipinski definition) is 3. The van der Waals surface area contributed by atoms with Gasteiger partial charge in [-0.15, -0.1) is 0 Å².